The summed E-state index contributed by atoms with van der Waals surface area (Å²) in [6.45, 7) is 3.99. The van der Waals surface area contributed by atoms with Gasteiger partial charge in [-0.1, -0.05) is 47.2 Å². The third kappa shape index (κ3) is 2.65. The molecule has 1 aromatic carbocycles. The Morgan fingerprint density at radius 3 is 2.37 bits per heavy atom. The minimum Gasteiger partial charge on any atom is -0.273 e. The van der Waals surface area contributed by atoms with Crippen LogP contribution < -0.4 is 0 Å². The summed E-state index contributed by atoms with van der Waals surface area (Å²) in [6.07, 6.45) is 0. The molecule has 1 aromatic rings. The lowest BCUT2D eigenvalue weighted by atomic mass is 10.0. The molecule has 1 aliphatic heterocycles. The van der Waals surface area contributed by atoms with Gasteiger partial charge in [-0.2, -0.15) is 0 Å². The fourth-order valence-electron chi connectivity index (χ4n) is 2.13. The number of halogens is 1. The highest BCUT2D eigenvalue weighted by Crippen LogP contribution is 2.30. The maximum Gasteiger partial charge on any atom is 0.266 e. The van der Waals surface area contributed by atoms with Gasteiger partial charge in [-0.15, -0.1) is 0 Å². The summed E-state index contributed by atoms with van der Waals surface area (Å²) < 4.78 is 26.7. The van der Waals surface area contributed by atoms with Crippen molar-refractivity contribution in [3.05, 3.63) is 29.8 Å². The molecule has 2 atom stereocenters. The molecular weight excluding hydrogens is 377 g/mol. The maximum atomic E-state index is 12.5. The molecule has 1 saturated heterocycles. The average Bonchev–Trinajstić information content (AvgIpc) is 2.67. The summed E-state index contributed by atoms with van der Waals surface area (Å²) in [5.41, 5.74) is 0.991. The molecule has 1 heterocycles. The fourth-order valence-corrected chi connectivity index (χ4v) is 4.69. The Hall–Kier alpha value is -0.630. The highest BCUT2D eigenvalue weighted by Gasteiger charge is 2.43. The molecule has 0 aromatic heterocycles. The summed E-state index contributed by atoms with van der Waals surface area (Å²) in [6, 6.07) is 6.60. The predicted molar refractivity (Wildman–Crippen MR) is 81.6 cm³/mol. The molecule has 0 bridgehead atoms. The lowest BCUT2D eigenvalue weighted by Gasteiger charge is -2.17. The zero-order valence-corrected chi connectivity index (χ0v) is 13.8. The summed E-state index contributed by atoms with van der Waals surface area (Å²) in [5, 5.41) is 0. The van der Waals surface area contributed by atoms with E-state index in [0.29, 0.717) is 6.54 Å². The van der Waals surface area contributed by atoms with Gasteiger partial charge < -0.3 is 0 Å². The molecule has 0 saturated carbocycles. The van der Waals surface area contributed by atoms with Crippen LogP contribution in [0.25, 0.3) is 0 Å². The lowest BCUT2D eigenvalue weighted by Crippen LogP contribution is -2.33. The SMILES string of the molecule is Cc1ccc(S(=O)(=O)N2C[C@H](CI)[C@H](C)C2=O)cc1. The van der Waals surface area contributed by atoms with Gasteiger partial charge in [0.1, 0.15) is 0 Å². The zero-order chi connectivity index (χ0) is 14.2. The van der Waals surface area contributed by atoms with E-state index in [2.05, 4.69) is 22.6 Å². The molecule has 1 fully saturated rings. The first kappa shape index (κ1) is 14.8. The Morgan fingerprint density at radius 1 is 1.32 bits per heavy atom. The van der Waals surface area contributed by atoms with Crippen LogP contribution in [0.15, 0.2) is 29.2 Å². The van der Waals surface area contributed by atoms with Crippen LogP contribution in [0, 0.1) is 18.8 Å². The number of carbonyl (C=O) groups excluding carboxylic acids is 1. The van der Waals surface area contributed by atoms with E-state index in [1.165, 1.54) is 0 Å². The first-order valence-corrected chi connectivity index (χ1v) is 9.03. The number of amides is 1. The van der Waals surface area contributed by atoms with Gasteiger partial charge in [0.25, 0.3) is 10.0 Å². The Morgan fingerprint density at radius 2 is 1.89 bits per heavy atom. The van der Waals surface area contributed by atoms with Gasteiger partial charge in [-0.05, 0) is 25.0 Å². The first-order chi connectivity index (χ1) is 8.87. The Labute approximate surface area is 127 Å². The van der Waals surface area contributed by atoms with Crippen molar-refractivity contribution in [1.82, 2.24) is 4.31 Å². The van der Waals surface area contributed by atoms with E-state index >= 15 is 0 Å². The van der Waals surface area contributed by atoms with E-state index in [-0.39, 0.29) is 22.6 Å². The van der Waals surface area contributed by atoms with Crippen LogP contribution in [-0.4, -0.2) is 29.6 Å². The number of aryl methyl sites for hydroxylation is 1. The van der Waals surface area contributed by atoms with Crippen LogP contribution in [0.2, 0.25) is 0 Å². The second-order valence-corrected chi connectivity index (χ2v) is 7.63. The largest absolute Gasteiger partial charge is 0.273 e. The van der Waals surface area contributed by atoms with Crippen LogP contribution in [0.1, 0.15) is 12.5 Å². The number of carbonyl (C=O) groups is 1. The average molecular weight is 393 g/mol. The number of hydrogen-bond donors (Lipinski definition) is 0. The summed E-state index contributed by atoms with van der Waals surface area (Å²) in [5.74, 6) is -0.410. The molecule has 6 heteroatoms. The van der Waals surface area contributed by atoms with Crippen LogP contribution in [0.3, 0.4) is 0 Å². The van der Waals surface area contributed by atoms with Crippen molar-refractivity contribution in [3.63, 3.8) is 0 Å². The third-order valence-corrected chi connectivity index (χ3v) is 6.46. The van der Waals surface area contributed by atoms with E-state index in [1.807, 2.05) is 6.92 Å². The van der Waals surface area contributed by atoms with E-state index in [1.54, 1.807) is 31.2 Å². The topological polar surface area (TPSA) is 54.5 Å². The van der Waals surface area contributed by atoms with E-state index in [4.69, 9.17) is 0 Å². The quantitative estimate of drug-likeness (QED) is 0.585. The van der Waals surface area contributed by atoms with Crippen molar-refractivity contribution in [2.75, 3.05) is 11.0 Å². The molecule has 0 spiro atoms. The van der Waals surface area contributed by atoms with Crippen molar-refractivity contribution < 1.29 is 13.2 Å². The summed E-state index contributed by atoms with van der Waals surface area (Å²) in [4.78, 5) is 12.3. The van der Waals surface area contributed by atoms with Crippen LogP contribution >= 0.6 is 22.6 Å². The molecule has 0 unspecified atom stereocenters. The monoisotopic (exact) mass is 393 g/mol. The molecule has 0 radical (unpaired) electrons. The molecule has 4 nitrogen and oxygen atoms in total. The number of alkyl halides is 1. The smallest absolute Gasteiger partial charge is 0.266 e. The molecule has 2 rings (SSSR count). The molecule has 1 amide bonds. The van der Waals surface area contributed by atoms with Gasteiger partial charge in [-0.3, -0.25) is 4.79 Å². The van der Waals surface area contributed by atoms with Gasteiger partial charge >= 0.3 is 0 Å². The van der Waals surface area contributed by atoms with Crippen molar-refractivity contribution in [2.45, 2.75) is 18.7 Å². The number of hydrogen-bond acceptors (Lipinski definition) is 3. The summed E-state index contributed by atoms with van der Waals surface area (Å²) >= 11 is 2.20. The Balaban J connectivity index is 2.36. The number of sulfonamides is 1. The van der Waals surface area contributed by atoms with Crippen molar-refractivity contribution >= 4 is 38.5 Å². The minimum absolute atomic E-state index is 0.105. The minimum atomic E-state index is -3.70. The van der Waals surface area contributed by atoms with E-state index in [0.717, 1.165) is 14.3 Å². The van der Waals surface area contributed by atoms with Crippen molar-refractivity contribution in [2.24, 2.45) is 11.8 Å². The lowest BCUT2D eigenvalue weighted by molar-refractivity contribution is -0.126. The second kappa shape index (κ2) is 5.40. The Bertz CT molecular complexity index is 582. The van der Waals surface area contributed by atoms with Crippen LogP contribution in [-0.2, 0) is 14.8 Å². The molecular formula is C13H16INO3S. The zero-order valence-electron chi connectivity index (χ0n) is 10.8. The van der Waals surface area contributed by atoms with Crippen molar-refractivity contribution in [3.8, 4) is 0 Å². The van der Waals surface area contributed by atoms with Crippen LogP contribution in [0.5, 0.6) is 0 Å². The number of nitrogens with zero attached hydrogens (tertiary/aromatic N) is 1. The van der Waals surface area contributed by atoms with Crippen molar-refractivity contribution in [1.29, 1.82) is 0 Å². The van der Waals surface area contributed by atoms with Gasteiger partial charge in [0, 0.05) is 16.9 Å². The number of rotatable bonds is 3. The third-order valence-electron chi connectivity index (χ3n) is 3.55. The normalized spacial score (nSPS) is 23.9. The maximum absolute atomic E-state index is 12.5. The fraction of sp³-hybridized carbons (Fsp3) is 0.462. The van der Waals surface area contributed by atoms with Gasteiger partial charge in [0.15, 0.2) is 0 Å². The molecule has 19 heavy (non-hydrogen) atoms. The molecule has 104 valence electrons. The van der Waals surface area contributed by atoms with E-state index < -0.39 is 10.0 Å². The van der Waals surface area contributed by atoms with Crippen LogP contribution in [0.4, 0.5) is 0 Å². The van der Waals surface area contributed by atoms with Gasteiger partial charge in [0.2, 0.25) is 5.91 Å². The summed E-state index contributed by atoms with van der Waals surface area (Å²) in [7, 11) is -3.70. The van der Waals surface area contributed by atoms with Gasteiger partial charge in [-0.25, -0.2) is 12.7 Å². The molecule has 0 N–H and O–H groups in total. The number of benzene rings is 1. The highest BCUT2D eigenvalue weighted by atomic mass is 127. The highest BCUT2D eigenvalue weighted by molar-refractivity contribution is 14.1. The van der Waals surface area contributed by atoms with E-state index in [9.17, 15) is 13.2 Å². The second-order valence-electron chi connectivity index (χ2n) is 4.89. The molecule has 1 aliphatic rings. The first-order valence-electron chi connectivity index (χ1n) is 6.07. The van der Waals surface area contributed by atoms with Gasteiger partial charge in [0.05, 0.1) is 4.90 Å². The molecule has 0 aliphatic carbocycles. The predicted octanol–water partition coefficient (Wildman–Crippen LogP) is 2.21. The Kier molecular flexibility index (Phi) is 4.20. The standard InChI is InChI=1S/C13H16INO3S/c1-9-3-5-12(6-4-9)19(17,18)15-8-11(7-14)10(2)13(15)16/h3-6,10-11H,7-8H2,1-2H3/t10-,11-/m0/s1.